The summed E-state index contributed by atoms with van der Waals surface area (Å²) < 4.78 is 29.7. The molecule has 0 radical (unpaired) electrons. The van der Waals surface area contributed by atoms with Crippen molar-refractivity contribution in [1.82, 2.24) is 0 Å². The average molecular weight is 323 g/mol. The molecule has 1 aromatic rings. The van der Waals surface area contributed by atoms with Crippen LogP contribution in [0, 0.1) is 12.3 Å². The minimum atomic E-state index is -3.86. The van der Waals surface area contributed by atoms with Crippen LogP contribution in [0.5, 0.6) is 0 Å². The number of allylic oxidation sites excluding steroid dienone is 3. The lowest BCUT2D eigenvalue weighted by Crippen LogP contribution is -2.37. The van der Waals surface area contributed by atoms with Crippen LogP contribution in [-0.4, -0.2) is 33.3 Å². The fourth-order valence-corrected chi connectivity index (χ4v) is 3.38. The maximum absolute atomic E-state index is 12.3. The van der Waals surface area contributed by atoms with Gasteiger partial charge >= 0.3 is 0 Å². The van der Waals surface area contributed by atoms with Crippen LogP contribution in [0.4, 0.5) is 0 Å². The lowest BCUT2D eigenvalue weighted by Gasteiger charge is -2.34. The number of aliphatic hydroxyl groups is 1. The van der Waals surface area contributed by atoms with Crippen LogP contribution in [0.2, 0.25) is 0 Å². The molecule has 0 heterocycles. The first-order valence-electron chi connectivity index (χ1n) is 7.07. The van der Waals surface area contributed by atoms with Gasteiger partial charge in [0.2, 0.25) is 0 Å². The van der Waals surface area contributed by atoms with E-state index >= 15 is 0 Å². The first-order chi connectivity index (χ1) is 10.4. The number of aryl methyl sites for hydroxylation is 1. The van der Waals surface area contributed by atoms with Crippen molar-refractivity contribution < 1.29 is 17.7 Å². The molecule has 1 aromatic carbocycles. The van der Waals surface area contributed by atoms with Crippen molar-refractivity contribution in [3.8, 4) is 0 Å². The monoisotopic (exact) mass is 323 g/mol. The van der Waals surface area contributed by atoms with Crippen molar-refractivity contribution in [3.63, 3.8) is 0 Å². The Kier molecular flexibility index (Phi) is 5.18. The van der Waals surface area contributed by atoms with Crippen LogP contribution in [0.3, 0.4) is 0 Å². The number of nitrogens with two attached hydrogens (primary N) is 1. The van der Waals surface area contributed by atoms with Crippen molar-refractivity contribution in [2.75, 3.05) is 19.8 Å². The number of rotatable bonds is 6. The Labute approximate surface area is 131 Å². The fraction of sp³-hybridized carbons (Fsp3) is 0.375. The molecule has 0 aromatic heterocycles. The quantitative estimate of drug-likeness (QED) is 0.775. The Morgan fingerprint density at radius 1 is 1.32 bits per heavy atom. The average Bonchev–Trinajstić information content (AvgIpc) is 2.53. The minimum absolute atomic E-state index is 0.107. The highest BCUT2D eigenvalue weighted by Gasteiger charge is 2.35. The second-order valence-corrected chi connectivity index (χ2v) is 7.11. The molecule has 3 N–H and O–H groups in total. The molecule has 2 rings (SSSR count). The number of hydrogen-bond donors (Lipinski definition) is 2. The van der Waals surface area contributed by atoms with E-state index in [9.17, 15) is 13.5 Å². The Hall–Kier alpha value is -1.47. The molecule has 0 spiro atoms. The van der Waals surface area contributed by atoms with E-state index in [0.717, 1.165) is 11.1 Å². The van der Waals surface area contributed by atoms with E-state index in [0.29, 0.717) is 6.42 Å². The predicted molar refractivity (Wildman–Crippen MR) is 84.7 cm³/mol. The molecule has 1 aliphatic carbocycles. The zero-order valence-corrected chi connectivity index (χ0v) is 13.3. The molecule has 0 saturated carbocycles. The molecule has 0 saturated heterocycles. The summed E-state index contributed by atoms with van der Waals surface area (Å²) in [5, 5.41) is 9.74. The summed E-state index contributed by atoms with van der Waals surface area (Å²) in [6.07, 6.45) is 6.03. The molecule has 0 bridgehead atoms. The molecule has 22 heavy (non-hydrogen) atoms. The van der Waals surface area contributed by atoms with Crippen LogP contribution in [0.15, 0.2) is 53.0 Å². The standard InChI is InChI=1S/C16H21NO4S/c1-13-5-7-15(8-6-13)22(19,20)21-12-16(11-18)9-3-2-4-14(16)10-17/h2-8,18H,9-12,17H2,1H3. The van der Waals surface area contributed by atoms with Gasteiger partial charge in [-0.3, -0.25) is 4.18 Å². The van der Waals surface area contributed by atoms with Gasteiger partial charge < -0.3 is 10.8 Å². The SMILES string of the molecule is Cc1ccc(S(=O)(=O)OCC2(CO)CC=CC=C2CN)cc1. The molecule has 1 aliphatic rings. The van der Waals surface area contributed by atoms with Gasteiger partial charge in [0.15, 0.2) is 0 Å². The first-order valence-corrected chi connectivity index (χ1v) is 8.47. The van der Waals surface area contributed by atoms with Gasteiger partial charge in [0.25, 0.3) is 10.1 Å². The van der Waals surface area contributed by atoms with Crippen LogP contribution >= 0.6 is 0 Å². The maximum Gasteiger partial charge on any atom is 0.297 e. The molecule has 1 atom stereocenters. The molecular weight excluding hydrogens is 302 g/mol. The Morgan fingerprint density at radius 2 is 2.00 bits per heavy atom. The third-order valence-corrected chi connectivity index (χ3v) is 5.22. The van der Waals surface area contributed by atoms with Gasteiger partial charge in [-0.05, 0) is 31.1 Å². The first kappa shape index (κ1) is 16.9. The van der Waals surface area contributed by atoms with Crippen LogP contribution < -0.4 is 5.73 Å². The van der Waals surface area contributed by atoms with Crippen LogP contribution in [0.1, 0.15) is 12.0 Å². The van der Waals surface area contributed by atoms with E-state index in [-0.39, 0.29) is 24.7 Å². The van der Waals surface area contributed by atoms with Crippen molar-refractivity contribution in [1.29, 1.82) is 0 Å². The summed E-state index contributed by atoms with van der Waals surface area (Å²) in [6.45, 7) is 1.78. The minimum Gasteiger partial charge on any atom is -0.395 e. The Morgan fingerprint density at radius 3 is 2.59 bits per heavy atom. The van der Waals surface area contributed by atoms with Gasteiger partial charge in [0, 0.05) is 12.0 Å². The second kappa shape index (κ2) is 6.75. The van der Waals surface area contributed by atoms with E-state index in [4.69, 9.17) is 9.92 Å². The van der Waals surface area contributed by atoms with Crippen molar-refractivity contribution in [3.05, 3.63) is 53.6 Å². The van der Waals surface area contributed by atoms with E-state index in [1.54, 1.807) is 12.1 Å². The van der Waals surface area contributed by atoms with Crippen LogP contribution in [0.25, 0.3) is 0 Å². The molecular formula is C16H21NO4S. The van der Waals surface area contributed by atoms with Crippen molar-refractivity contribution in [2.45, 2.75) is 18.2 Å². The topological polar surface area (TPSA) is 89.6 Å². The maximum atomic E-state index is 12.3. The molecule has 120 valence electrons. The molecule has 6 heteroatoms. The number of aliphatic hydroxyl groups excluding tert-OH is 1. The van der Waals surface area contributed by atoms with E-state index in [1.807, 2.05) is 25.2 Å². The summed E-state index contributed by atoms with van der Waals surface area (Å²) >= 11 is 0. The zero-order valence-electron chi connectivity index (χ0n) is 12.5. The third-order valence-electron chi connectivity index (χ3n) is 3.95. The second-order valence-electron chi connectivity index (χ2n) is 5.50. The van der Waals surface area contributed by atoms with Gasteiger partial charge in [-0.1, -0.05) is 35.9 Å². The molecule has 5 nitrogen and oxygen atoms in total. The van der Waals surface area contributed by atoms with Gasteiger partial charge in [-0.2, -0.15) is 8.42 Å². The van der Waals surface area contributed by atoms with Crippen LogP contribution in [-0.2, 0) is 14.3 Å². The van der Waals surface area contributed by atoms with E-state index in [2.05, 4.69) is 0 Å². The highest BCUT2D eigenvalue weighted by molar-refractivity contribution is 7.86. The van der Waals surface area contributed by atoms with Crippen molar-refractivity contribution >= 4 is 10.1 Å². The Balaban J connectivity index is 2.18. The summed E-state index contributed by atoms with van der Waals surface area (Å²) in [6, 6.07) is 6.45. The van der Waals surface area contributed by atoms with Gasteiger partial charge in [0.05, 0.1) is 18.1 Å². The zero-order chi connectivity index (χ0) is 16.2. The lowest BCUT2D eigenvalue weighted by molar-refractivity contribution is 0.0993. The normalized spacial score (nSPS) is 21.7. The third kappa shape index (κ3) is 3.47. The van der Waals surface area contributed by atoms with Gasteiger partial charge in [-0.25, -0.2) is 0 Å². The van der Waals surface area contributed by atoms with E-state index in [1.165, 1.54) is 12.1 Å². The summed E-state index contributed by atoms with van der Waals surface area (Å²) in [4.78, 5) is 0.107. The lowest BCUT2D eigenvalue weighted by atomic mass is 9.76. The summed E-state index contributed by atoms with van der Waals surface area (Å²) in [7, 11) is -3.86. The van der Waals surface area contributed by atoms with Gasteiger partial charge in [-0.15, -0.1) is 0 Å². The number of hydrogen-bond acceptors (Lipinski definition) is 5. The molecule has 0 aliphatic heterocycles. The van der Waals surface area contributed by atoms with E-state index < -0.39 is 15.5 Å². The van der Waals surface area contributed by atoms with Gasteiger partial charge in [0.1, 0.15) is 0 Å². The highest BCUT2D eigenvalue weighted by atomic mass is 32.2. The predicted octanol–water partition coefficient (Wildman–Crippen LogP) is 1.52. The molecule has 0 amide bonds. The molecule has 0 fully saturated rings. The smallest absolute Gasteiger partial charge is 0.297 e. The Bertz CT molecular complexity index is 677. The summed E-state index contributed by atoms with van der Waals surface area (Å²) in [5.74, 6) is 0. The molecule has 1 unspecified atom stereocenters. The largest absolute Gasteiger partial charge is 0.395 e. The summed E-state index contributed by atoms with van der Waals surface area (Å²) in [5.41, 5.74) is 6.68. The highest BCUT2D eigenvalue weighted by Crippen LogP contribution is 2.35. The fourth-order valence-electron chi connectivity index (χ4n) is 2.40. The number of benzene rings is 1. The van der Waals surface area contributed by atoms with Crippen molar-refractivity contribution in [2.24, 2.45) is 11.1 Å².